The maximum absolute atomic E-state index is 12.3. The van der Waals surface area contributed by atoms with Crippen molar-refractivity contribution in [2.75, 3.05) is 32.9 Å². The van der Waals surface area contributed by atoms with Crippen LogP contribution in [0.4, 0.5) is 0 Å². The fourth-order valence-electron chi connectivity index (χ4n) is 1.97. The van der Waals surface area contributed by atoms with E-state index in [2.05, 4.69) is 4.98 Å². The Morgan fingerprint density at radius 2 is 2.14 bits per heavy atom. The lowest BCUT2D eigenvalue weighted by molar-refractivity contribution is -0.137. The van der Waals surface area contributed by atoms with Crippen LogP contribution in [0.3, 0.4) is 0 Å². The monoisotopic (exact) mass is 290 g/mol. The van der Waals surface area contributed by atoms with Gasteiger partial charge in [0, 0.05) is 31.6 Å². The molecule has 1 aromatic rings. The molecule has 0 N–H and O–H groups in total. The summed E-state index contributed by atoms with van der Waals surface area (Å²) in [4.78, 5) is 29.3. The SMILES string of the molecule is CCOC(=O)/C=C/c1cncc(C(=O)N2CCOCC2)c1. The van der Waals surface area contributed by atoms with Crippen molar-refractivity contribution in [2.45, 2.75) is 6.92 Å². The second kappa shape index (κ2) is 7.54. The van der Waals surface area contributed by atoms with Crippen LogP contribution in [0.25, 0.3) is 6.08 Å². The fraction of sp³-hybridized carbons (Fsp3) is 0.400. The molecule has 0 aromatic carbocycles. The van der Waals surface area contributed by atoms with Crippen LogP contribution in [0.1, 0.15) is 22.8 Å². The van der Waals surface area contributed by atoms with Gasteiger partial charge < -0.3 is 14.4 Å². The molecule has 0 unspecified atom stereocenters. The number of rotatable bonds is 4. The van der Waals surface area contributed by atoms with Crippen LogP contribution in [0.5, 0.6) is 0 Å². The van der Waals surface area contributed by atoms with Gasteiger partial charge in [-0.3, -0.25) is 9.78 Å². The number of hydrogen-bond donors (Lipinski definition) is 0. The van der Waals surface area contributed by atoms with Crippen molar-refractivity contribution in [3.8, 4) is 0 Å². The van der Waals surface area contributed by atoms with E-state index in [1.165, 1.54) is 12.3 Å². The van der Waals surface area contributed by atoms with Crippen molar-refractivity contribution in [3.63, 3.8) is 0 Å². The molecule has 1 aliphatic heterocycles. The molecule has 112 valence electrons. The maximum atomic E-state index is 12.3. The summed E-state index contributed by atoms with van der Waals surface area (Å²) in [5.74, 6) is -0.486. The summed E-state index contributed by atoms with van der Waals surface area (Å²) in [6, 6.07) is 1.71. The van der Waals surface area contributed by atoms with Crippen LogP contribution in [-0.4, -0.2) is 54.7 Å². The van der Waals surface area contributed by atoms with Crippen LogP contribution in [0.2, 0.25) is 0 Å². The van der Waals surface area contributed by atoms with E-state index in [1.54, 1.807) is 30.2 Å². The third kappa shape index (κ3) is 4.39. The first kappa shape index (κ1) is 15.2. The van der Waals surface area contributed by atoms with Crippen LogP contribution in [0.15, 0.2) is 24.5 Å². The van der Waals surface area contributed by atoms with Crippen molar-refractivity contribution in [1.29, 1.82) is 0 Å². The average Bonchev–Trinajstić information content (AvgIpc) is 2.54. The van der Waals surface area contributed by atoms with Crippen molar-refractivity contribution in [3.05, 3.63) is 35.7 Å². The highest BCUT2D eigenvalue weighted by molar-refractivity contribution is 5.95. The van der Waals surface area contributed by atoms with Gasteiger partial charge in [0.1, 0.15) is 0 Å². The first-order valence-electron chi connectivity index (χ1n) is 6.87. The van der Waals surface area contributed by atoms with Gasteiger partial charge in [-0.2, -0.15) is 0 Å². The van der Waals surface area contributed by atoms with E-state index < -0.39 is 5.97 Å². The van der Waals surface area contributed by atoms with Gasteiger partial charge in [0.2, 0.25) is 0 Å². The molecular weight excluding hydrogens is 272 g/mol. The summed E-state index contributed by atoms with van der Waals surface area (Å²) < 4.78 is 10.0. The summed E-state index contributed by atoms with van der Waals surface area (Å²) in [7, 11) is 0. The Morgan fingerprint density at radius 3 is 2.86 bits per heavy atom. The van der Waals surface area contributed by atoms with Gasteiger partial charge in [0.25, 0.3) is 5.91 Å². The molecule has 0 aliphatic carbocycles. The van der Waals surface area contributed by atoms with Gasteiger partial charge in [-0.25, -0.2) is 4.79 Å². The minimum Gasteiger partial charge on any atom is -0.463 e. The molecule has 21 heavy (non-hydrogen) atoms. The normalized spacial score (nSPS) is 15.2. The first-order chi connectivity index (χ1) is 10.2. The summed E-state index contributed by atoms with van der Waals surface area (Å²) in [6.45, 7) is 4.36. The van der Waals surface area contributed by atoms with Crippen LogP contribution in [0, 0.1) is 0 Å². The average molecular weight is 290 g/mol. The Balaban J connectivity index is 2.06. The Labute approximate surface area is 123 Å². The van der Waals surface area contributed by atoms with Crippen molar-refractivity contribution < 1.29 is 19.1 Å². The third-order valence-electron chi connectivity index (χ3n) is 3.00. The molecule has 1 fully saturated rings. The van der Waals surface area contributed by atoms with Crippen LogP contribution in [-0.2, 0) is 14.3 Å². The Bertz CT molecular complexity index is 536. The molecule has 0 bridgehead atoms. The van der Waals surface area contributed by atoms with E-state index in [0.29, 0.717) is 44.0 Å². The Kier molecular flexibility index (Phi) is 5.45. The number of pyridine rings is 1. The quantitative estimate of drug-likeness (QED) is 0.614. The molecule has 1 aromatic heterocycles. The van der Waals surface area contributed by atoms with Crippen molar-refractivity contribution >= 4 is 18.0 Å². The molecule has 0 radical (unpaired) electrons. The summed E-state index contributed by atoms with van der Waals surface area (Å²) in [5, 5.41) is 0. The van der Waals surface area contributed by atoms with Crippen LogP contribution >= 0.6 is 0 Å². The molecule has 0 atom stereocenters. The molecule has 0 saturated carbocycles. The highest BCUT2D eigenvalue weighted by Gasteiger charge is 2.18. The highest BCUT2D eigenvalue weighted by Crippen LogP contribution is 2.10. The zero-order valence-corrected chi connectivity index (χ0v) is 11.9. The minimum atomic E-state index is -0.414. The number of nitrogens with zero attached hydrogens (tertiary/aromatic N) is 2. The van der Waals surface area contributed by atoms with Crippen molar-refractivity contribution in [2.24, 2.45) is 0 Å². The largest absolute Gasteiger partial charge is 0.463 e. The van der Waals surface area contributed by atoms with E-state index in [-0.39, 0.29) is 5.91 Å². The Morgan fingerprint density at radius 1 is 1.38 bits per heavy atom. The van der Waals surface area contributed by atoms with E-state index in [1.807, 2.05) is 0 Å². The van der Waals surface area contributed by atoms with Crippen LogP contribution < -0.4 is 0 Å². The molecule has 6 nitrogen and oxygen atoms in total. The number of aromatic nitrogens is 1. The molecule has 1 saturated heterocycles. The third-order valence-corrected chi connectivity index (χ3v) is 3.00. The van der Waals surface area contributed by atoms with E-state index in [4.69, 9.17) is 9.47 Å². The second-order valence-corrected chi connectivity index (χ2v) is 4.50. The zero-order chi connectivity index (χ0) is 15.1. The van der Waals surface area contributed by atoms with E-state index in [9.17, 15) is 9.59 Å². The predicted octanol–water partition coefficient (Wildman–Crippen LogP) is 1.13. The number of hydrogen-bond acceptors (Lipinski definition) is 5. The number of amides is 1. The minimum absolute atomic E-state index is 0.0721. The lowest BCUT2D eigenvalue weighted by Gasteiger charge is -2.26. The fourth-order valence-corrected chi connectivity index (χ4v) is 1.97. The lowest BCUT2D eigenvalue weighted by atomic mass is 10.1. The standard InChI is InChI=1S/C15H18N2O4/c1-2-21-14(18)4-3-12-9-13(11-16-10-12)15(19)17-5-7-20-8-6-17/h3-4,9-11H,2,5-8H2,1H3/b4-3+. The second-order valence-electron chi connectivity index (χ2n) is 4.50. The van der Waals surface area contributed by atoms with Gasteiger partial charge in [0.15, 0.2) is 0 Å². The molecular formula is C15H18N2O4. The number of carbonyl (C=O) groups is 2. The predicted molar refractivity (Wildman–Crippen MR) is 76.6 cm³/mol. The van der Waals surface area contributed by atoms with E-state index >= 15 is 0 Å². The smallest absolute Gasteiger partial charge is 0.330 e. The summed E-state index contributed by atoms with van der Waals surface area (Å²) in [5.41, 5.74) is 1.19. The maximum Gasteiger partial charge on any atom is 0.330 e. The molecule has 1 aliphatic rings. The molecule has 0 spiro atoms. The molecule has 2 rings (SSSR count). The van der Waals surface area contributed by atoms with Gasteiger partial charge in [-0.1, -0.05) is 0 Å². The number of ether oxygens (including phenoxy) is 2. The summed E-state index contributed by atoms with van der Waals surface area (Å²) in [6.07, 6.45) is 6.02. The molecule has 2 heterocycles. The first-order valence-corrected chi connectivity index (χ1v) is 6.87. The van der Waals surface area contributed by atoms with Crippen molar-refractivity contribution in [1.82, 2.24) is 9.88 Å². The van der Waals surface area contributed by atoms with Gasteiger partial charge in [0.05, 0.1) is 25.4 Å². The number of carbonyl (C=O) groups excluding carboxylic acids is 2. The number of morpholine rings is 1. The van der Waals surface area contributed by atoms with E-state index in [0.717, 1.165) is 0 Å². The zero-order valence-electron chi connectivity index (χ0n) is 11.9. The molecule has 1 amide bonds. The molecule has 6 heteroatoms. The number of esters is 1. The lowest BCUT2D eigenvalue weighted by Crippen LogP contribution is -2.40. The topological polar surface area (TPSA) is 68.7 Å². The Hall–Kier alpha value is -2.21. The highest BCUT2D eigenvalue weighted by atomic mass is 16.5. The van der Waals surface area contributed by atoms with Gasteiger partial charge in [-0.15, -0.1) is 0 Å². The van der Waals surface area contributed by atoms with Gasteiger partial charge in [-0.05, 0) is 24.6 Å². The summed E-state index contributed by atoms with van der Waals surface area (Å²) >= 11 is 0. The van der Waals surface area contributed by atoms with Gasteiger partial charge >= 0.3 is 5.97 Å².